The average Bonchev–Trinajstić information content (AvgIpc) is 2.82. The first-order chi connectivity index (χ1) is 16.1. The van der Waals surface area contributed by atoms with Crippen LogP contribution in [0.3, 0.4) is 0 Å². The van der Waals surface area contributed by atoms with E-state index in [1.165, 1.54) is 37.3 Å². The maximum absolute atomic E-state index is 12.6. The molecule has 2 rings (SSSR count). The topological polar surface area (TPSA) is 154 Å². The molecule has 1 N–H and O–H groups in total. The normalized spacial score (nSPS) is 14.0. The maximum Gasteiger partial charge on any atom is 0.372 e. The number of nitrogens with zero attached hydrogens (tertiary/aromatic N) is 2. The zero-order chi connectivity index (χ0) is 25.3. The predicted molar refractivity (Wildman–Crippen MR) is 127 cm³/mol. The van der Waals surface area contributed by atoms with Gasteiger partial charge in [0.15, 0.2) is 4.75 Å². The second kappa shape index (κ2) is 12.1. The van der Waals surface area contributed by atoms with Gasteiger partial charge in [-0.05, 0) is 44.0 Å². The standard InChI is InChI=1S/C23H20N2O7S2/c1-3-11-32-19-9-10-20(25(29)30)17(13-19)12-18(21(26)27)14-23(2,15-24)33-34(31)22(28)16-7-5-4-6-8-16/h1,4-10,13,18H,11-12,14H2,2H3,(H,26,27). The summed E-state index contributed by atoms with van der Waals surface area (Å²) < 4.78 is 16.4. The molecule has 34 heavy (non-hydrogen) atoms. The van der Waals surface area contributed by atoms with Crippen molar-refractivity contribution in [3.8, 4) is 24.2 Å². The van der Waals surface area contributed by atoms with Crippen LogP contribution in [0.2, 0.25) is 0 Å². The Morgan fingerprint density at radius 2 is 2.00 bits per heavy atom. The minimum Gasteiger partial charge on any atom is -0.597 e. The monoisotopic (exact) mass is 500 g/mol. The van der Waals surface area contributed by atoms with Gasteiger partial charge >= 0.3 is 11.1 Å². The molecule has 0 fully saturated rings. The number of carbonyl (C=O) groups is 2. The van der Waals surface area contributed by atoms with Gasteiger partial charge < -0.3 is 14.4 Å². The molecule has 0 aliphatic rings. The molecule has 3 unspecified atom stereocenters. The van der Waals surface area contributed by atoms with Crippen molar-refractivity contribution in [2.24, 2.45) is 5.92 Å². The van der Waals surface area contributed by atoms with Crippen LogP contribution in [-0.4, -0.2) is 37.0 Å². The van der Waals surface area contributed by atoms with E-state index in [4.69, 9.17) is 11.2 Å². The van der Waals surface area contributed by atoms with Crippen LogP contribution in [0.4, 0.5) is 5.69 Å². The fraction of sp³-hybridized carbons (Fsp3) is 0.261. The largest absolute Gasteiger partial charge is 0.597 e. The molecule has 0 aromatic heterocycles. The molecule has 0 aliphatic carbocycles. The molecule has 3 atom stereocenters. The number of carboxylic acid groups (broad SMARTS) is 1. The van der Waals surface area contributed by atoms with E-state index in [9.17, 15) is 34.6 Å². The van der Waals surface area contributed by atoms with Gasteiger partial charge in [-0.15, -0.1) is 6.42 Å². The number of hydrogen-bond donors (Lipinski definition) is 1. The van der Waals surface area contributed by atoms with Gasteiger partial charge in [-0.3, -0.25) is 14.9 Å². The molecule has 0 spiro atoms. The maximum atomic E-state index is 12.6. The lowest BCUT2D eigenvalue weighted by molar-refractivity contribution is -0.385. The Kier molecular flexibility index (Phi) is 9.51. The second-order valence-corrected chi connectivity index (χ2v) is 10.6. The van der Waals surface area contributed by atoms with E-state index in [1.54, 1.807) is 18.2 Å². The lowest BCUT2D eigenvalue weighted by Gasteiger charge is -2.23. The summed E-state index contributed by atoms with van der Waals surface area (Å²) in [4.78, 5) is 35.2. The molecule has 9 nitrogen and oxygen atoms in total. The third-order valence-corrected chi connectivity index (χ3v) is 8.01. The summed E-state index contributed by atoms with van der Waals surface area (Å²) in [6.45, 7) is 1.30. The number of nitro benzene ring substituents is 1. The minimum atomic E-state index is -2.17. The predicted octanol–water partition coefficient (Wildman–Crippen LogP) is 3.76. The van der Waals surface area contributed by atoms with Crippen LogP contribution in [0.1, 0.15) is 29.3 Å². The molecule has 0 aliphatic heterocycles. The van der Waals surface area contributed by atoms with E-state index >= 15 is 0 Å². The van der Waals surface area contributed by atoms with Gasteiger partial charge in [0, 0.05) is 11.6 Å². The summed E-state index contributed by atoms with van der Waals surface area (Å²) in [5, 5.41) is 30.2. The summed E-state index contributed by atoms with van der Waals surface area (Å²) >= 11 is 0. The van der Waals surface area contributed by atoms with E-state index in [-0.39, 0.29) is 42.0 Å². The highest BCUT2D eigenvalue weighted by Crippen LogP contribution is 2.39. The van der Waals surface area contributed by atoms with Crippen LogP contribution < -0.4 is 4.74 Å². The number of hydrogen-bond acceptors (Lipinski definition) is 8. The number of carbonyl (C=O) groups excluding carboxylic acids is 1. The molecule has 0 saturated carbocycles. The highest BCUT2D eigenvalue weighted by Gasteiger charge is 2.41. The van der Waals surface area contributed by atoms with Crippen molar-refractivity contribution in [1.29, 1.82) is 5.26 Å². The highest BCUT2D eigenvalue weighted by atomic mass is 33.1. The number of aliphatic carboxylic acids is 1. The molecular formula is C23H20N2O7S2. The Morgan fingerprint density at radius 3 is 2.56 bits per heavy atom. The second-order valence-electron chi connectivity index (χ2n) is 7.30. The molecule has 176 valence electrons. The van der Waals surface area contributed by atoms with Crippen molar-refractivity contribution in [2.45, 2.75) is 24.5 Å². The van der Waals surface area contributed by atoms with E-state index in [1.807, 2.05) is 6.07 Å². The molecule has 0 bridgehead atoms. The van der Waals surface area contributed by atoms with Gasteiger partial charge in [0.2, 0.25) is 0 Å². The summed E-state index contributed by atoms with van der Waals surface area (Å²) in [6.07, 6.45) is 4.54. The highest BCUT2D eigenvalue weighted by molar-refractivity contribution is 8.77. The number of rotatable bonds is 11. The van der Waals surface area contributed by atoms with E-state index in [2.05, 4.69) is 5.92 Å². The number of nitro groups is 1. The fourth-order valence-electron chi connectivity index (χ4n) is 3.07. The molecule has 11 heteroatoms. The number of nitriles is 1. The van der Waals surface area contributed by atoms with Crippen molar-refractivity contribution in [3.05, 3.63) is 69.8 Å². The third kappa shape index (κ3) is 7.25. The number of ether oxygens (including phenoxy) is 1. The Hall–Kier alpha value is -3.51. The number of carboxylic acids is 1. The lowest BCUT2D eigenvalue weighted by atomic mass is 9.89. The Balaban J connectivity index is 2.26. The zero-order valence-electron chi connectivity index (χ0n) is 18.0. The summed E-state index contributed by atoms with van der Waals surface area (Å²) in [6, 6.07) is 13.7. The van der Waals surface area contributed by atoms with Gasteiger partial charge in [0.1, 0.15) is 33.4 Å². The van der Waals surface area contributed by atoms with Crippen molar-refractivity contribution >= 4 is 37.8 Å². The third-order valence-electron chi connectivity index (χ3n) is 4.68. The first-order valence-corrected chi connectivity index (χ1v) is 12.3. The van der Waals surface area contributed by atoms with Gasteiger partial charge in [-0.1, -0.05) is 24.1 Å². The molecule has 2 aromatic rings. The molecule has 2 aromatic carbocycles. The zero-order valence-corrected chi connectivity index (χ0v) is 19.6. The van der Waals surface area contributed by atoms with E-state index < -0.39 is 36.9 Å². The average molecular weight is 501 g/mol. The molecule has 0 amide bonds. The van der Waals surface area contributed by atoms with E-state index in [0.717, 1.165) is 0 Å². The van der Waals surface area contributed by atoms with Crippen LogP contribution in [0.25, 0.3) is 0 Å². The Bertz CT molecular complexity index is 1140. The Morgan fingerprint density at radius 1 is 1.32 bits per heavy atom. The summed E-state index contributed by atoms with van der Waals surface area (Å²) in [5.41, 5.74) is -0.0324. The van der Waals surface area contributed by atoms with Gasteiger partial charge in [-0.2, -0.15) is 5.26 Å². The molecule has 0 heterocycles. The minimum absolute atomic E-state index is 0.0794. The van der Waals surface area contributed by atoms with Crippen LogP contribution >= 0.6 is 10.8 Å². The SMILES string of the molecule is C#CCOc1ccc([N+](=O)[O-])c(CC(CC(C)(C#N)S[S+]([O-])C(=O)c2ccccc2)C(=O)O)c1. The summed E-state index contributed by atoms with van der Waals surface area (Å²) in [7, 11) is -1.62. The van der Waals surface area contributed by atoms with Gasteiger partial charge in [0.25, 0.3) is 5.69 Å². The van der Waals surface area contributed by atoms with Gasteiger partial charge in [-0.25, -0.2) is 4.79 Å². The van der Waals surface area contributed by atoms with Crippen LogP contribution in [0.5, 0.6) is 5.75 Å². The summed E-state index contributed by atoms with van der Waals surface area (Å²) in [5.74, 6) is -0.0516. The lowest BCUT2D eigenvalue weighted by Crippen LogP contribution is -2.30. The van der Waals surface area contributed by atoms with Crippen molar-refractivity contribution < 1.29 is 28.9 Å². The van der Waals surface area contributed by atoms with Crippen molar-refractivity contribution in [2.75, 3.05) is 6.61 Å². The van der Waals surface area contributed by atoms with Crippen LogP contribution in [0.15, 0.2) is 48.5 Å². The fourth-order valence-corrected chi connectivity index (χ4v) is 5.95. The van der Waals surface area contributed by atoms with Crippen molar-refractivity contribution in [3.63, 3.8) is 0 Å². The molecule has 0 saturated heterocycles. The molecule has 0 radical (unpaired) electrons. The first kappa shape index (κ1) is 26.7. The quantitative estimate of drug-likeness (QED) is 0.160. The van der Waals surface area contributed by atoms with Crippen molar-refractivity contribution in [1.82, 2.24) is 0 Å². The van der Waals surface area contributed by atoms with Gasteiger partial charge in [0.05, 0.1) is 22.5 Å². The first-order valence-electron chi connectivity index (χ1n) is 9.78. The number of benzene rings is 2. The van der Waals surface area contributed by atoms with Crippen LogP contribution in [0, 0.1) is 39.7 Å². The Labute approximate surface area is 202 Å². The van der Waals surface area contributed by atoms with E-state index in [0.29, 0.717) is 10.8 Å². The smallest absolute Gasteiger partial charge is 0.372 e. The molecular weight excluding hydrogens is 480 g/mol. The van der Waals surface area contributed by atoms with Crippen LogP contribution in [-0.2, 0) is 21.4 Å². The number of terminal acetylenes is 1.